The van der Waals surface area contributed by atoms with Crippen molar-refractivity contribution in [3.05, 3.63) is 29.8 Å². The zero-order valence-electron chi connectivity index (χ0n) is 10.6. The number of nitrogens with one attached hydrogen (secondary N) is 1. The molecule has 0 saturated carbocycles. The van der Waals surface area contributed by atoms with Gasteiger partial charge in [0.1, 0.15) is 12.4 Å². The first-order valence-electron chi connectivity index (χ1n) is 6.34. The van der Waals surface area contributed by atoms with Gasteiger partial charge in [-0.2, -0.15) is 0 Å². The summed E-state index contributed by atoms with van der Waals surface area (Å²) in [5.41, 5.74) is 0. The van der Waals surface area contributed by atoms with Crippen molar-refractivity contribution in [3.63, 3.8) is 0 Å². The van der Waals surface area contributed by atoms with E-state index in [9.17, 15) is 13.9 Å². The molecule has 1 fully saturated rings. The fraction of sp³-hybridized carbons (Fsp3) is 0.538. The molecule has 4 nitrogen and oxygen atoms in total. The Bertz CT molecular complexity index is 412. The Morgan fingerprint density at radius 1 is 1.26 bits per heavy atom. The van der Waals surface area contributed by atoms with Crippen LogP contribution in [0.4, 0.5) is 8.78 Å². The molecule has 1 aromatic carbocycles. The third-order valence-corrected chi connectivity index (χ3v) is 3.21. The van der Waals surface area contributed by atoms with E-state index in [0.717, 1.165) is 38.3 Å². The van der Waals surface area contributed by atoms with Crippen molar-refractivity contribution < 1.29 is 18.6 Å². The Labute approximate surface area is 111 Å². The number of benzene rings is 1. The number of piperazine rings is 1. The van der Waals surface area contributed by atoms with E-state index in [1.54, 1.807) is 0 Å². The Hall–Kier alpha value is -1.24. The lowest BCUT2D eigenvalue weighted by Gasteiger charge is -2.33. The summed E-state index contributed by atoms with van der Waals surface area (Å²) in [6.45, 7) is 3.66. The number of nitrogens with zero attached hydrogens (tertiary/aromatic N) is 1. The summed E-state index contributed by atoms with van der Waals surface area (Å²) in [6, 6.07) is 3.30. The normalized spacial score (nSPS) is 18.3. The quantitative estimate of drug-likeness (QED) is 0.824. The summed E-state index contributed by atoms with van der Waals surface area (Å²) in [5.74, 6) is -1.55. The molecule has 106 valence electrons. The minimum Gasteiger partial charge on any atom is -0.492 e. The minimum absolute atomic E-state index is 0.0241. The van der Waals surface area contributed by atoms with E-state index >= 15 is 0 Å². The maximum Gasteiger partial charge on any atom is 0.162 e. The van der Waals surface area contributed by atoms with Gasteiger partial charge in [0.25, 0.3) is 0 Å². The van der Waals surface area contributed by atoms with Crippen LogP contribution in [-0.4, -0.2) is 55.4 Å². The molecule has 0 aromatic heterocycles. The summed E-state index contributed by atoms with van der Waals surface area (Å²) in [7, 11) is 0. The van der Waals surface area contributed by atoms with E-state index in [0.29, 0.717) is 0 Å². The van der Waals surface area contributed by atoms with Crippen molar-refractivity contribution in [1.82, 2.24) is 10.2 Å². The third-order valence-electron chi connectivity index (χ3n) is 3.21. The number of hydrogen-bond acceptors (Lipinski definition) is 4. The number of rotatable bonds is 5. The average molecular weight is 272 g/mol. The van der Waals surface area contributed by atoms with Crippen molar-refractivity contribution in [2.24, 2.45) is 0 Å². The lowest BCUT2D eigenvalue weighted by molar-refractivity contribution is 0.0733. The van der Waals surface area contributed by atoms with Gasteiger partial charge in [-0.1, -0.05) is 0 Å². The first kappa shape index (κ1) is 14.2. The van der Waals surface area contributed by atoms with E-state index in [1.807, 2.05) is 0 Å². The Balaban J connectivity index is 1.89. The maximum absolute atomic E-state index is 13.0. The van der Waals surface area contributed by atoms with Gasteiger partial charge in [0.2, 0.25) is 0 Å². The molecule has 0 bridgehead atoms. The lowest BCUT2D eigenvalue weighted by atomic mass is 10.2. The van der Waals surface area contributed by atoms with E-state index in [-0.39, 0.29) is 25.0 Å². The molecule has 0 amide bonds. The molecule has 1 aliphatic heterocycles. The van der Waals surface area contributed by atoms with Gasteiger partial charge in [0, 0.05) is 32.2 Å². The number of aliphatic hydroxyl groups excluding tert-OH is 1. The van der Waals surface area contributed by atoms with E-state index < -0.39 is 11.6 Å². The second-order valence-electron chi connectivity index (χ2n) is 4.51. The van der Waals surface area contributed by atoms with Gasteiger partial charge in [0.05, 0.1) is 12.6 Å². The fourth-order valence-corrected chi connectivity index (χ4v) is 2.08. The smallest absolute Gasteiger partial charge is 0.162 e. The SMILES string of the molecule is OCC(COc1ccc(F)c(F)c1)N1CCNCC1. The van der Waals surface area contributed by atoms with Crippen LogP contribution < -0.4 is 10.1 Å². The maximum atomic E-state index is 13.0. The molecule has 1 heterocycles. The highest BCUT2D eigenvalue weighted by Crippen LogP contribution is 2.16. The van der Waals surface area contributed by atoms with Crippen LogP contribution in [-0.2, 0) is 0 Å². The molecule has 0 aliphatic carbocycles. The largest absolute Gasteiger partial charge is 0.492 e. The second-order valence-corrected chi connectivity index (χ2v) is 4.51. The molecular weight excluding hydrogens is 254 g/mol. The van der Waals surface area contributed by atoms with Crippen LogP contribution >= 0.6 is 0 Å². The van der Waals surface area contributed by atoms with Crippen LogP contribution in [0, 0.1) is 11.6 Å². The van der Waals surface area contributed by atoms with E-state index in [2.05, 4.69) is 10.2 Å². The summed E-state index contributed by atoms with van der Waals surface area (Å²) < 4.78 is 31.2. The standard InChI is InChI=1S/C13H18F2N2O2/c14-12-2-1-11(7-13(12)15)19-9-10(8-18)17-5-3-16-4-6-17/h1-2,7,10,16,18H,3-6,8-9H2. The van der Waals surface area contributed by atoms with Crippen LogP contribution in [0.5, 0.6) is 5.75 Å². The predicted molar refractivity (Wildman–Crippen MR) is 67.2 cm³/mol. The first-order valence-corrected chi connectivity index (χ1v) is 6.34. The van der Waals surface area contributed by atoms with Crippen molar-refractivity contribution in [2.45, 2.75) is 6.04 Å². The number of halogens is 2. The van der Waals surface area contributed by atoms with Gasteiger partial charge in [-0.05, 0) is 12.1 Å². The van der Waals surface area contributed by atoms with Gasteiger partial charge in [-0.15, -0.1) is 0 Å². The van der Waals surface area contributed by atoms with E-state index in [1.165, 1.54) is 6.07 Å². The Kier molecular flexibility index (Phi) is 5.07. The highest BCUT2D eigenvalue weighted by Gasteiger charge is 2.20. The molecule has 0 radical (unpaired) electrons. The topological polar surface area (TPSA) is 44.7 Å². The van der Waals surface area contributed by atoms with Gasteiger partial charge >= 0.3 is 0 Å². The van der Waals surface area contributed by atoms with Crippen LogP contribution in [0.25, 0.3) is 0 Å². The zero-order chi connectivity index (χ0) is 13.7. The lowest BCUT2D eigenvalue weighted by Crippen LogP contribution is -2.51. The molecule has 1 aromatic rings. The van der Waals surface area contributed by atoms with Gasteiger partial charge in [-0.3, -0.25) is 4.90 Å². The molecule has 0 spiro atoms. The van der Waals surface area contributed by atoms with Crippen LogP contribution in [0.15, 0.2) is 18.2 Å². The van der Waals surface area contributed by atoms with Gasteiger partial charge < -0.3 is 15.2 Å². The van der Waals surface area contributed by atoms with E-state index in [4.69, 9.17) is 4.74 Å². The molecule has 2 rings (SSSR count). The number of hydrogen-bond donors (Lipinski definition) is 2. The summed E-state index contributed by atoms with van der Waals surface area (Å²) >= 11 is 0. The highest BCUT2D eigenvalue weighted by molar-refractivity contribution is 5.23. The molecule has 2 N–H and O–H groups in total. The molecule has 19 heavy (non-hydrogen) atoms. The van der Waals surface area contributed by atoms with Crippen molar-refractivity contribution in [1.29, 1.82) is 0 Å². The molecule has 1 saturated heterocycles. The second kappa shape index (κ2) is 6.79. The molecule has 1 atom stereocenters. The van der Waals surface area contributed by atoms with Crippen molar-refractivity contribution in [3.8, 4) is 5.75 Å². The van der Waals surface area contributed by atoms with Crippen LogP contribution in [0.2, 0.25) is 0 Å². The first-order chi connectivity index (χ1) is 9.20. The third kappa shape index (κ3) is 3.86. The minimum atomic E-state index is -0.930. The van der Waals surface area contributed by atoms with Gasteiger partial charge in [-0.25, -0.2) is 8.78 Å². The Morgan fingerprint density at radius 2 is 2.00 bits per heavy atom. The highest BCUT2D eigenvalue weighted by atomic mass is 19.2. The number of aliphatic hydroxyl groups is 1. The zero-order valence-corrected chi connectivity index (χ0v) is 10.6. The van der Waals surface area contributed by atoms with Crippen molar-refractivity contribution >= 4 is 0 Å². The number of ether oxygens (including phenoxy) is 1. The monoisotopic (exact) mass is 272 g/mol. The summed E-state index contributed by atoms with van der Waals surface area (Å²) in [6.07, 6.45) is 0. The van der Waals surface area contributed by atoms with Crippen molar-refractivity contribution in [2.75, 3.05) is 39.4 Å². The molecular formula is C13H18F2N2O2. The molecule has 1 aliphatic rings. The van der Waals surface area contributed by atoms with Crippen LogP contribution in [0.1, 0.15) is 0 Å². The summed E-state index contributed by atoms with van der Waals surface area (Å²) in [4.78, 5) is 2.12. The summed E-state index contributed by atoms with van der Waals surface area (Å²) in [5, 5.41) is 12.6. The average Bonchev–Trinajstić information content (AvgIpc) is 2.44. The fourth-order valence-electron chi connectivity index (χ4n) is 2.08. The van der Waals surface area contributed by atoms with Gasteiger partial charge in [0.15, 0.2) is 11.6 Å². The predicted octanol–water partition coefficient (Wildman–Crippen LogP) is 0.610. The molecule has 6 heteroatoms. The molecule has 1 unspecified atom stereocenters. The Morgan fingerprint density at radius 3 is 2.63 bits per heavy atom. The van der Waals surface area contributed by atoms with Crippen LogP contribution in [0.3, 0.4) is 0 Å².